The summed E-state index contributed by atoms with van der Waals surface area (Å²) in [5.74, 6) is -0.293. The Morgan fingerprint density at radius 1 is 1.00 bits per heavy atom. The van der Waals surface area contributed by atoms with Gasteiger partial charge < -0.3 is 5.32 Å². The standard InChI is InChI=1S/C25H27ClN2O3S/c1-18-9-13-23(14-10-18)32(30,31)28(24-15-22(26)12-11-19(24)2)17-25(29)27-16-20(3)21-7-5-4-6-8-21/h4-15,20H,16-17H2,1-3H3,(H,27,29). The van der Waals surface area contributed by atoms with Crippen molar-refractivity contribution in [3.8, 4) is 0 Å². The average Bonchev–Trinajstić information content (AvgIpc) is 2.78. The Labute approximate surface area is 195 Å². The van der Waals surface area contributed by atoms with Crippen LogP contribution in [0.25, 0.3) is 0 Å². The van der Waals surface area contributed by atoms with Crippen LogP contribution in [0.3, 0.4) is 0 Å². The van der Waals surface area contributed by atoms with Crippen LogP contribution < -0.4 is 9.62 Å². The Morgan fingerprint density at radius 2 is 1.66 bits per heavy atom. The summed E-state index contributed by atoms with van der Waals surface area (Å²) in [4.78, 5) is 13.0. The molecule has 3 aromatic carbocycles. The molecule has 1 atom stereocenters. The fourth-order valence-electron chi connectivity index (χ4n) is 3.34. The first-order valence-electron chi connectivity index (χ1n) is 10.4. The molecule has 7 heteroatoms. The molecule has 0 aromatic heterocycles. The summed E-state index contributed by atoms with van der Waals surface area (Å²) < 4.78 is 28.1. The van der Waals surface area contributed by atoms with Crippen LogP contribution in [0, 0.1) is 13.8 Å². The van der Waals surface area contributed by atoms with Gasteiger partial charge in [0, 0.05) is 11.6 Å². The molecule has 0 aliphatic heterocycles. The number of halogens is 1. The lowest BCUT2D eigenvalue weighted by Gasteiger charge is -2.26. The van der Waals surface area contributed by atoms with E-state index in [1.54, 1.807) is 49.4 Å². The molecule has 168 valence electrons. The molecule has 32 heavy (non-hydrogen) atoms. The third-order valence-corrected chi connectivity index (χ3v) is 7.32. The van der Waals surface area contributed by atoms with E-state index in [0.717, 1.165) is 15.4 Å². The van der Waals surface area contributed by atoms with Crippen molar-refractivity contribution in [2.45, 2.75) is 31.6 Å². The number of benzene rings is 3. The SMILES string of the molecule is Cc1ccc(S(=O)(=O)N(CC(=O)NCC(C)c2ccccc2)c2cc(Cl)ccc2C)cc1. The van der Waals surface area contributed by atoms with Crippen molar-refractivity contribution in [2.24, 2.45) is 0 Å². The summed E-state index contributed by atoms with van der Waals surface area (Å²) in [6.07, 6.45) is 0. The molecule has 0 saturated carbocycles. The van der Waals surface area contributed by atoms with Crippen LogP contribution in [0.1, 0.15) is 29.5 Å². The smallest absolute Gasteiger partial charge is 0.264 e. The van der Waals surface area contributed by atoms with Crippen molar-refractivity contribution >= 4 is 33.2 Å². The Balaban J connectivity index is 1.87. The Kier molecular flexibility index (Phi) is 7.59. The monoisotopic (exact) mass is 470 g/mol. The lowest BCUT2D eigenvalue weighted by atomic mass is 10.0. The van der Waals surface area contributed by atoms with E-state index < -0.39 is 10.0 Å². The predicted molar refractivity (Wildman–Crippen MR) is 130 cm³/mol. The minimum absolute atomic E-state index is 0.0928. The van der Waals surface area contributed by atoms with E-state index in [1.807, 2.05) is 44.2 Å². The molecular weight excluding hydrogens is 444 g/mol. The summed E-state index contributed by atoms with van der Waals surface area (Å²) in [6.45, 7) is 5.74. The van der Waals surface area contributed by atoms with Gasteiger partial charge in [-0.05, 0) is 55.2 Å². The molecule has 0 aliphatic carbocycles. The maximum absolute atomic E-state index is 13.5. The average molecular weight is 471 g/mol. The van der Waals surface area contributed by atoms with Crippen molar-refractivity contribution in [1.29, 1.82) is 0 Å². The van der Waals surface area contributed by atoms with E-state index in [2.05, 4.69) is 5.32 Å². The number of amides is 1. The number of hydrogen-bond donors (Lipinski definition) is 1. The van der Waals surface area contributed by atoms with Crippen LogP contribution in [0.15, 0.2) is 77.7 Å². The molecule has 5 nitrogen and oxygen atoms in total. The highest BCUT2D eigenvalue weighted by Gasteiger charge is 2.28. The summed E-state index contributed by atoms with van der Waals surface area (Å²) in [7, 11) is -3.98. The fraction of sp³-hybridized carbons (Fsp3) is 0.240. The van der Waals surface area contributed by atoms with Gasteiger partial charge >= 0.3 is 0 Å². The van der Waals surface area contributed by atoms with Gasteiger partial charge in [-0.15, -0.1) is 0 Å². The molecule has 0 fully saturated rings. The number of nitrogens with zero attached hydrogens (tertiary/aromatic N) is 1. The van der Waals surface area contributed by atoms with Gasteiger partial charge in [-0.1, -0.05) is 72.6 Å². The van der Waals surface area contributed by atoms with Gasteiger partial charge in [-0.25, -0.2) is 8.42 Å². The number of sulfonamides is 1. The second-order valence-corrected chi connectivity index (χ2v) is 10.2. The highest BCUT2D eigenvalue weighted by molar-refractivity contribution is 7.92. The first-order valence-corrected chi connectivity index (χ1v) is 12.2. The van der Waals surface area contributed by atoms with Crippen molar-refractivity contribution in [3.63, 3.8) is 0 Å². The van der Waals surface area contributed by atoms with Gasteiger partial charge in [0.05, 0.1) is 10.6 Å². The van der Waals surface area contributed by atoms with E-state index in [1.165, 1.54) is 0 Å². The van der Waals surface area contributed by atoms with E-state index in [4.69, 9.17) is 11.6 Å². The van der Waals surface area contributed by atoms with Crippen LogP contribution in [0.5, 0.6) is 0 Å². The van der Waals surface area contributed by atoms with E-state index in [9.17, 15) is 13.2 Å². The minimum Gasteiger partial charge on any atom is -0.354 e. The predicted octanol–water partition coefficient (Wildman–Crippen LogP) is 5.07. The molecule has 3 aromatic rings. The molecule has 3 rings (SSSR count). The first kappa shape index (κ1) is 23.8. The molecule has 0 bridgehead atoms. The highest BCUT2D eigenvalue weighted by Crippen LogP contribution is 2.29. The number of carbonyl (C=O) groups is 1. The van der Waals surface area contributed by atoms with E-state index in [-0.39, 0.29) is 23.3 Å². The Hall–Kier alpha value is -2.83. The molecule has 1 amide bonds. The van der Waals surface area contributed by atoms with Crippen LogP contribution in [0.4, 0.5) is 5.69 Å². The number of rotatable bonds is 8. The Bertz CT molecular complexity index is 1180. The summed E-state index contributed by atoms with van der Waals surface area (Å²) >= 11 is 6.16. The number of hydrogen-bond acceptors (Lipinski definition) is 3. The van der Waals surface area contributed by atoms with Gasteiger partial charge in [-0.2, -0.15) is 0 Å². The number of nitrogens with one attached hydrogen (secondary N) is 1. The molecule has 0 aliphatic rings. The molecule has 1 N–H and O–H groups in total. The zero-order valence-electron chi connectivity index (χ0n) is 18.4. The second-order valence-electron chi connectivity index (χ2n) is 7.87. The van der Waals surface area contributed by atoms with Crippen molar-refractivity contribution in [1.82, 2.24) is 5.32 Å². The topological polar surface area (TPSA) is 66.5 Å². The summed E-state index contributed by atoms with van der Waals surface area (Å²) in [5, 5.41) is 3.27. The fourth-order valence-corrected chi connectivity index (χ4v) is 4.98. The Morgan fingerprint density at radius 3 is 2.31 bits per heavy atom. The van der Waals surface area contributed by atoms with Gasteiger partial charge in [-0.3, -0.25) is 9.10 Å². The molecule has 0 saturated heterocycles. The molecule has 1 unspecified atom stereocenters. The summed E-state index contributed by atoms with van der Waals surface area (Å²) in [5.41, 5.74) is 3.13. The lowest BCUT2D eigenvalue weighted by molar-refractivity contribution is -0.119. The minimum atomic E-state index is -3.98. The van der Waals surface area contributed by atoms with Crippen LogP contribution in [0.2, 0.25) is 5.02 Å². The number of anilines is 1. The zero-order chi connectivity index (χ0) is 23.3. The van der Waals surface area contributed by atoms with Crippen molar-refractivity contribution < 1.29 is 13.2 Å². The highest BCUT2D eigenvalue weighted by atomic mass is 35.5. The van der Waals surface area contributed by atoms with Crippen molar-refractivity contribution in [3.05, 3.63) is 94.5 Å². The van der Waals surface area contributed by atoms with E-state index >= 15 is 0 Å². The van der Waals surface area contributed by atoms with Crippen molar-refractivity contribution in [2.75, 3.05) is 17.4 Å². The third kappa shape index (κ3) is 5.69. The first-order chi connectivity index (χ1) is 15.2. The quantitative estimate of drug-likeness (QED) is 0.499. The molecule has 0 spiro atoms. The maximum Gasteiger partial charge on any atom is 0.264 e. The van der Waals surface area contributed by atoms with E-state index in [0.29, 0.717) is 22.8 Å². The van der Waals surface area contributed by atoms with Gasteiger partial charge in [0.15, 0.2) is 0 Å². The van der Waals surface area contributed by atoms with Gasteiger partial charge in [0.2, 0.25) is 5.91 Å². The van der Waals surface area contributed by atoms with Crippen LogP contribution in [-0.2, 0) is 14.8 Å². The number of aryl methyl sites for hydroxylation is 2. The summed E-state index contributed by atoms with van der Waals surface area (Å²) in [6, 6.07) is 21.4. The van der Waals surface area contributed by atoms with Crippen LogP contribution in [-0.4, -0.2) is 27.4 Å². The maximum atomic E-state index is 13.5. The second kappa shape index (κ2) is 10.2. The third-order valence-electron chi connectivity index (χ3n) is 5.31. The molecule has 0 radical (unpaired) electrons. The van der Waals surface area contributed by atoms with Crippen LogP contribution >= 0.6 is 11.6 Å². The lowest BCUT2D eigenvalue weighted by Crippen LogP contribution is -2.42. The normalized spacial score (nSPS) is 12.2. The van der Waals surface area contributed by atoms with Gasteiger partial charge in [0.1, 0.15) is 6.54 Å². The molecular formula is C25H27ClN2O3S. The zero-order valence-corrected chi connectivity index (χ0v) is 20.0. The molecule has 0 heterocycles. The largest absolute Gasteiger partial charge is 0.354 e. The number of carbonyl (C=O) groups excluding carboxylic acids is 1. The van der Waals surface area contributed by atoms with Gasteiger partial charge in [0.25, 0.3) is 10.0 Å².